The normalized spacial score (nSPS) is 34.9. The van der Waals surface area contributed by atoms with Crippen LogP contribution in [0.4, 0.5) is 0 Å². The van der Waals surface area contributed by atoms with Gasteiger partial charge in [-0.05, 0) is 24.3 Å². The van der Waals surface area contributed by atoms with Gasteiger partial charge in [0.15, 0.2) is 0 Å². The maximum absolute atomic E-state index is 11.9. The van der Waals surface area contributed by atoms with E-state index < -0.39 is 0 Å². The van der Waals surface area contributed by atoms with Crippen LogP contribution in [0.2, 0.25) is 0 Å². The van der Waals surface area contributed by atoms with Gasteiger partial charge >= 0.3 is 0 Å². The summed E-state index contributed by atoms with van der Waals surface area (Å²) in [5.74, 6) is 0.788. The van der Waals surface area contributed by atoms with E-state index >= 15 is 0 Å². The number of carbonyl (C=O) groups excluding carboxylic acids is 1. The van der Waals surface area contributed by atoms with E-state index in [0.29, 0.717) is 11.7 Å². The minimum atomic E-state index is 0.143. The molecule has 2 atom stereocenters. The van der Waals surface area contributed by atoms with Crippen molar-refractivity contribution in [2.45, 2.75) is 39.0 Å². The van der Waals surface area contributed by atoms with Crippen LogP contribution in [0.1, 0.15) is 37.8 Å². The Morgan fingerprint density at radius 3 is 2.25 bits per heavy atom. The molecule has 0 radical (unpaired) electrons. The molecule has 1 aromatic carbocycles. The number of ketones is 1. The van der Waals surface area contributed by atoms with Gasteiger partial charge in [0.2, 0.25) is 0 Å². The number of rotatable bonds is 1. The van der Waals surface area contributed by atoms with Gasteiger partial charge in [0.1, 0.15) is 5.78 Å². The highest BCUT2D eigenvalue weighted by Gasteiger charge is 2.71. The molecule has 0 amide bonds. The minimum Gasteiger partial charge on any atom is -0.299 e. The second kappa shape index (κ2) is 2.77. The average molecular weight is 214 g/mol. The molecule has 2 aliphatic rings. The third-order valence-corrected chi connectivity index (χ3v) is 4.74. The van der Waals surface area contributed by atoms with Crippen LogP contribution in [0, 0.1) is 18.3 Å². The average Bonchev–Trinajstić information content (AvgIpc) is 2.90. The molecule has 1 aromatic rings. The van der Waals surface area contributed by atoms with E-state index in [4.69, 9.17) is 0 Å². The van der Waals surface area contributed by atoms with Crippen molar-refractivity contribution in [3.8, 4) is 0 Å². The Morgan fingerprint density at radius 2 is 1.81 bits per heavy atom. The number of carbonyl (C=O) groups is 1. The molecule has 0 aliphatic heterocycles. The molecule has 0 saturated heterocycles. The van der Waals surface area contributed by atoms with Crippen molar-refractivity contribution in [2.24, 2.45) is 11.3 Å². The molecule has 1 heteroatoms. The number of benzene rings is 1. The van der Waals surface area contributed by atoms with E-state index in [0.717, 1.165) is 12.8 Å². The van der Waals surface area contributed by atoms with Crippen molar-refractivity contribution < 1.29 is 4.79 Å². The van der Waals surface area contributed by atoms with Crippen LogP contribution in [-0.2, 0) is 10.2 Å². The SMILES string of the molecule is Cc1ccc([C@]23C[C@H]2C(=O)CC3(C)C)cc1. The Labute approximate surface area is 96.9 Å². The zero-order valence-electron chi connectivity index (χ0n) is 10.2. The van der Waals surface area contributed by atoms with Gasteiger partial charge in [0.25, 0.3) is 0 Å². The lowest BCUT2D eigenvalue weighted by atomic mass is 9.72. The zero-order valence-corrected chi connectivity index (χ0v) is 10.2. The molecule has 2 saturated carbocycles. The van der Waals surface area contributed by atoms with Crippen molar-refractivity contribution >= 4 is 5.78 Å². The molecule has 2 fully saturated rings. The Hall–Kier alpha value is -1.11. The molecule has 0 N–H and O–H groups in total. The fraction of sp³-hybridized carbons (Fsp3) is 0.533. The van der Waals surface area contributed by atoms with Crippen molar-refractivity contribution in [3.05, 3.63) is 35.4 Å². The fourth-order valence-electron chi connectivity index (χ4n) is 3.68. The minimum absolute atomic E-state index is 0.143. The first-order chi connectivity index (χ1) is 7.47. The van der Waals surface area contributed by atoms with Crippen LogP contribution < -0.4 is 0 Å². The van der Waals surface area contributed by atoms with Gasteiger partial charge in [-0.1, -0.05) is 43.7 Å². The highest BCUT2D eigenvalue weighted by molar-refractivity contribution is 5.91. The van der Waals surface area contributed by atoms with E-state index in [1.807, 2.05) is 0 Å². The number of hydrogen-bond acceptors (Lipinski definition) is 1. The molecule has 3 rings (SSSR count). The van der Waals surface area contributed by atoms with Crippen molar-refractivity contribution in [2.75, 3.05) is 0 Å². The first kappa shape index (κ1) is 10.1. The molecule has 0 heterocycles. The van der Waals surface area contributed by atoms with E-state index in [2.05, 4.69) is 45.0 Å². The van der Waals surface area contributed by atoms with Crippen LogP contribution in [0.5, 0.6) is 0 Å². The molecule has 0 spiro atoms. The molecular weight excluding hydrogens is 196 g/mol. The second-order valence-corrected chi connectivity index (χ2v) is 6.12. The maximum Gasteiger partial charge on any atom is 0.137 e. The van der Waals surface area contributed by atoms with Gasteiger partial charge < -0.3 is 0 Å². The zero-order chi connectivity index (χ0) is 11.6. The third-order valence-electron chi connectivity index (χ3n) is 4.74. The van der Waals surface area contributed by atoms with E-state index in [9.17, 15) is 4.79 Å². The number of fused-ring (bicyclic) bond motifs is 1. The molecular formula is C15H18O. The quantitative estimate of drug-likeness (QED) is 0.701. The summed E-state index contributed by atoms with van der Waals surface area (Å²) in [5.41, 5.74) is 2.97. The van der Waals surface area contributed by atoms with Crippen molar-refractivity contribution in [1.82, 2.24) is 0 Å². The van der Waals surface area contributed by atoms with Gasteiger partial charge in [-0.15, -0.1) is 0 Å². The Morgan fingerprint density at radius 1 is 1.19 bits per heavy atom. The van der Waals surface area contributed by atoms with Gasteiger partial charge in [-0.25, -0.2) is 0 Å². The molecule has 0 bridgehead atoms. The third kappa shape index (κ3) is 1.04. The summed E-state index contributed by atoms with van der Waals surface area (Å²) < 4.78 is 0. The smallest absolute Gasteiger partial charge is 0.137 e. The molecule has 16 heavy (non-hydrogen) atoms. The predicted octanol–water partition coefficient (Wildman–Crippen LogP) is 3.25. The van der Waals surface area contributed by atoms with Crippen LogP contribution in [0.3, 0.4) is 0 Å². The van der Waals surface area contributed by atoms with Crippen LogP contribution >= 0.6 is 0 Å². The number of Topliss-reactive ketones (excluding diaryl/α,β-unsaturated/α-hetero) is 1. The lowest BCUT2D eigenvalue weighted by molar-refractivity contribution is -0.119. The summed E-state index contributed by atoms with van der Waals surface area (Å²) >= 11 is 0. The Kier molecular flexibility index (Phi) is 1.74. The number of aryl methyl sites for hydroxylation is 1. The standard InChI is InChI=1S/C15H18O/c1-10-4-6-11(7-5-10)15-8-12(15)13(16)9-14(15,2)3/h4-7,12H,8-9H2,1-3H3/t12-,15+/m0/s1. The summed E-state index contributed by atoms with van der Waals surface area (Å²) in [5, 5.41) is 0. The fourth-order valence-corrected chi connectivity index (χ4v) is 3.68. The van der Waals surface area contributed by atoms with Gasteiger partial charge in [0, 0.05) is 17.8 Å². The molecule has 1 nitrogen and oxygen atoms in total. The highest BCUT2D eigenvalue weighted by Crippen LogP contribution is 2.70. The Bertz CT molecular complexity index is 455. The summed E-state index contributed by atoms with van der Waals surface area (Å²) in [6, 6.07) is 8.77. The van der Waals surface area contributed by atoms with E-state index in [-0.39, 0.29) is 10.8 Å². The molecule has 2 aliphatic carbocycles. The van der Waals surface area contributed by atoms with Gasteiger partial charge in [-0.3, -0.25) is 4.79 Å². The summed E-state index contributed by atoms with van der Waals surface area (Å²) in [7, 11) is 0. The summed E-state index contributed by atoms with van der Waals surface area (Å²) in [6.45, 7) is 6.60. The number of hydrogen-bond donors (Lipinski definition) is 0. The highest BCUT2D eigenvalue weighted by atomic mass is 16.1. The lowest BCUT2D eigenvalue weighted by Gasteiger charge is -2.30. The van der Waals surface area contributed by atoms with Crippen LogP contribution in [0.15, 0.2) is 24.3 Å². The summed E-state index contributed by atoms with van der Waals surface area (Å²) in [6.07, 6.45) is 1.83. The molecule has 84 valence electrons. The van der Waals surface area contributed by atoms with Crippen molar-refractivity contribution in [1.29, 1.82) is 0 Å². The van der Waals surface area contributed by atoms with Gasteiger partial charge in [0.05, 0.1) is 0 Å². The molecule has 0 unspecified atom stereocenters. The van der Waals surface area contributed by atoms with Crippen LogP contribution in [0.25, 0.3) is 0 Å². The first-order valence-electron chi connectivity index (χ1n) is 6.07. The topological polar surface area (TPSA) is 17.1 Å². The summed E-state index contributed by atoms with van der Waals surface area (Å²) in [4.78, 5) is 11.9. The van der Waals surface area contributed by atoms with Crippen molar-refractivity contribution in [3.63, 3.8) is 0 Å². The van der Waals surface area contributed by atoms with E-state index in [1.54, 1.807) is 0 Å². The molecule has 0 aromatic heterocycles. The maximum atomic E-state index is 11.9. The van der Waals surface area contributed by atoms with Crippen LogP contribution in [-0.4, -0.2) is 5.78 Å². The lowest BCUT2D eigenvalue weighted by Crippen LogP contribution is -2.26. The van der Waals surface area contributed by atoms with E-state index in [1.165, 1.54) is 11.1 Å². The monoisotopic (exact) mass is 214 g/mol. The second-order valence-electron chi connectivity index (χ2n) is 6.12. The van der Waals surface area contributed by atoms with Gasteiger partial charge in [-0.2, -0.15) is 0 Å². The predicted molar refractivity (Wildman–Crippen MR) is 64.4 cm³/mol. The largest absolute Gasteiger partial charge is 0.299 e. The first-order valence-corrected chi connectivity index (χ1v) is 6.07. The Balaban J connectivity index is 2.08.